The lowest BCUT2D eigenvalue weighted by Crippen LogP contribution is -2.25. The third kappa shape index (κ3) is 5.33. The molecule has 176 valence electrons. The maximum absolute atomic E-state index is 13.0. The highest BCUT2D eigenvalue weighted by Gasteiger charge is 2.16. The van der Waals surface area contributed by atoms with Gasteiger partial charge < -0.3 is 10.1 Å². The van der Waals surface area contributed by atoms with Gasteiger partial charge in [0.25, 0.3) is 0 Å². The average Bonchev–Trinajstić information content (AvgIpc) is 3.23. The van der Waals surface area contributed by atoms with Crippen molar-refractivity contribution in [2.45, 2.75) is 40.2 Å². The number of benzene rings is 2. The summed E-state index contributed by atoms with van der Waals surface area (Å²) in [4.78, 5) is 25.4. The molecule has 0 radical (unpaired) electrons. The molecule has 1 N–H and O–H groups in total. The maximum Gasteiger partial charge on any atom is 0.300 e. The molecule has 34 heavy (non-hydrogen) atoms. The number of hydrogen-bond donors (Lipinski definition) is 1. The van der Waals surface area contributed by atoms with Gasteiger partial charge in [0.1, 0.15) is 11.6 Å². The van der Waals surface area contributed by atoms with Gasteiger partial charge in [-0.05, 0) is 49.6 Å². The first-order valence-electron chi connectivity index (χ1n) is 11.5. The molecule has 2 aromatic heterocycles. The molecule has 0 aliphatic rings. The quantitative estimate of drug-likeness (QED) is 0.414. The van der Waals surface area contributed by atoms with Crippen LogP contribution in [0.1, 0.15) is 37.2 Å². The van der Waals surface area contributed by atoms with Gasteiger partial charge in [0.15, 0.2) is 0 Å². The second-order valence-electron chi connectivity index (χ2n) is 8.49. The first-order chi connectivity index (χ1) is 16.4. The van der Waals surface area contributed by atoms with Crippen molar-refractivity contribution in [1.29, 1.82) is 0 Å². The van der Waals surface area contributed by atoms with Gasteiger partial charge in [-0.25, -0.2) is 0 Å². The fourth-order valence-electron chi connectivity index (χ4n) is 3.83. The van der Waals surface area contributed by atoms with Crippen molar-refractivity contribution in [3.63, 3.8) is 0 Å². The lowest BCUT2D eigenvalue weighted by Gasteiger charge is -2.11. The Labute approximate surface area is 198 Å². The fraction of sp³-hybridized carbons (Fsp3) is 0.308. The molecule has 2 heterocycles. The first-order valence-corrected chi connectivity index (χ1v) is 11.5. The van der Waals surface area contributed by atoms with Crippen molar-refractivity contribution in [2.75, 3.05) is 6.61 Å². The maximum atomic E-state index is 13.0. The predicted octanol–water partition coefficient (Wildman–Crippen LogP) is 3.47. The summed E-state index contributed by atoms with van der Waals surface area (Å²) in [5, 5.41) is 11.3. The SMILES string of the molecule is CCOc1ccc(-n2ccn3c(C[C@H](C)CC(=O)NCc4ccc(C)cc4)nnc3c2=O)cc1. The summed E-state index contributed by atoms with van der Waals surface area (Å²) >= 11 is 0. The summed E-state index contributed by atoms with van der Waals surface area (Å²) in [7, 11) is 0. The first kappa shape index (κ1) is 23.2. The minimum atomic E-state index is -0.256. The second-order valence-corrected chi connectivity index (χ2v) is 8.49. The fourth-order valence-corrected chi connectivity index (χ4v) is 3.83. The number of carbonyl (C=O) groups is 1. The molecule has 0 fully saturated rings. The van der Waals surface area contributed by atoms with E-state index < -0.39 is 0 Å². The van der Waals surface area contributed by atoms with E-state index in [1.54, 1.807) is 16.8 Å². The van der Waals surface area contributed by atoms with Crippen molar-refractivity contribution < 1.29 is 9.53 Å². The predicted molar refractivity (Wildman–Crippen MR) is 130 cm³/mol. The Balaban J connectivity index is 1.41. The molecule has 0 aliphatic heterocycles. The molecular weight excluding hydrogens is 430 g/mol. The van der Waals surface area contributed by atoms with E-state index in [1.807, 2.05) is 69.3 Å². The minimum Gasteiger partial charge on any atom is -0.494 e. The number of rotatable bonds is 9. The Hall–Kier alpha value is -3.94. The van der Waals surface area contributed by atoms with Gasteiger partial charge in [0.2, 0.25) is 11.6 Å². The molecule has 1 atom stereocenters. The molecule has 0 spiro atoms. The lowest BCUT2D eigenvalue weighted by molar-refractivity contribution is -0.122. The number of ether oxygens (including phenoxy) is 1. The molecular formula is C26H29N5O3. The van der Waals surface area contributed by atoms with Crippen molar-refractivity contribution >= 4 is 11.6 Å². The third-order valence-electron chi connectivity index (χ3n) is 5.64. The van der Waals surface area contributed by atoms with Crippen LogP contribution in [0.2, 0.25) is 0 Å². The number of fused-ring (bicyclic) bond motifs is 1. The molecule has 8 heteroatoms. The van der Waals surface area contributed by atoms with Crippen LogP contribution >= 0.6 is 0 Å². The average molecular weight is 460 g/mol. The van der Waals surface area contributed by atoms with Gasteiger partial charge in [0.05, 0.1) is 6.61 Å². The molecule has 0 saturated carbocycles. The van der Waals surface area contributed by atoms with E-state index in [4.69, 9.17) is 4.74 Å². The number of amides is 1. The van der Waals surface area contributed by atoms with Gasteiger partial charge in [-0.1, -0.05) is 36.8 Å². The van der Waals surface area contributed by atoms with E-state index in [-0.39, 0.29) is 23.0 Å². The topological polar surface area (TPSA) is 90.5 Å². The molecule has 2 aromatic carbocycles. The minimum absolute atomic E-state index is 0.0141. The van der Waals surface area contributed by atoms with Crippen molar-refractivity contribution in [3.05, 3.63) is 88.2 Å². The molecule has 8 nitrogen and oxygen atoms in total. The second kappa shape index (κ2) is 10.3. The van der Waals surface area contributed by atoms with E-state index in [2.05, 4.69) is 15.5 Å². The van der Waals surface area contributed by atoms with Gasteiger partial charge in [-0.3, -0.25) is 18.6 Å². The Kier molecular flexibility index (Phi) is 7.06. The zero-order chi connectivity index (χ0) is 24.1. The standard InChI is InChI=1S/C26H29N5O3/c1-4-34-22-11-9-21(10-12-22)30-13-14-31-23(28-29-25(31)26(30)33)15-19(3)16-24(32)27-17-20-7-5-18(2)6-8-20/h5-14,19H,4,15-17H2,1-3H3,(H,27,32)/t19-/m0/s1. The van der Waals surface area contributed by atoms with Crippen LogP contribution < -0.4 is 15.6 Å². The van der Waals surface area contributed by atoms with E-state index in [1.165, 1.54) is 10.1 Å². The number of aromatic nitrogens is 4. The Bertz CT molecular complexity index is 1320. The summed E-state index contributed by atoms with van der Waals surface area (Å²) in [6.07, 6.45) is 4.39. The van der Waals surface area contributed by atoms with Crippen LogP contribution in [0.25, 0.3) is 11.3 Å². The van der Waals surface area contributed by atoms with E-state index in [0.29, 0.717) is 31.8 Å². The molecule has 0 bridgehead atoms. The number of hydrogen-bond acceptors (Lipinski definition) is 5. The molecule has 0 unspecified atom stereocenters. The van der Waals surface area contributed by atoms with Gasteiger partial charge >= 0.3 is 5.56 Å². The van der Waals surface area contributed by atoms with Gasteiger partial charge in [-0.2, -0.15) is 0 Å². The largest absolute Gasteiger partial charge is 0.494 e. The Morgan fingerprint density at radius 1 is 1.06 bits per heavy atom. The van der Waals surface area contributed by atoms with E-state index in [9.17, 15) is 9.59 Å². The highest BCUT2D eigenvalue weighted by Crippen LogP contribution is 2.15. The van der Waals surface area contributed by atoms with E-state index >= 15 is 0 Å². The third-order valence-corrected chi connectivity index (χ3v) is 5.64. The molecule has 4 rings (SSSR count). The number of nitrogens with one attached hydrogen (secondary N) is 1. The molecule has 0 saturated heterocycles. The number of nitrogens with zero attached hydrogens (tertiary/aromatic N) is 4. The number of carbonyl (C=O) groups excluding carboxylic acids is 1. The van der Waals surface area contributed by atoms with Crippen molar-refractivity contribution in [1.82, 2.24) is 24.5 Å². The zero-order valence-corrected chi connectivity index (χ0v) is 19.7. The smallest absolute Gasteiger partial charge is 0.300 e. The highest BCUT2D eigenvalue weighted by atomic mass is 16.5. The van der Waals surface area contributed by atoms with E-state index in [0.717, 1.165) is 17.0 Å². The van der Waals surface area contributed by atoms with Gasteiger partial charge in [0, 0.05) is 37.5 Å². The molecule has 0 aliphatic carbocycles. The summed E-state index contributed by atoms with van der Waals surface area (Å²) < 4.78 is 8.70. The van der Waals surface area contributed by atoms with Gasteiger partial charge in [-0.15, -0.1) is 10.2 Å². The molecule has 4 aromatic rings. The van der Waals surface area contributed by atoms with Crippen LogP contribution in [-0.4, -0.2) is 31.7 Å². The summed E-state index contributed by atoms with van der Waals surface area (Å²) in [5.74, 6) is 1.44. The Morgan fingerprint density at radius 3 is 2.50 bits per heavy atom. The van der Waals surface area contributed by atoms with Crippen LogP contribution in [0.15, 0.2) is 65.7 Å². The summed E-state index contributed by atoms with van der Waals surface area (Å²) in [6, 6.07) is 15.4. The summed E-state index contributed by atoms with van der Waals surface area (Å²) in [5.41, 5.74) is 2.98. The normalized spacial score (nSPS) is 12.0. The van der Waals surface area contributed by atoms with Crippen LogP contribution in [0.5, 0.6) is 5.75 Å². The van der Waals surface area contributed by atoms with Crippen LogP contribution in [0.4, 0.5) is 0 Å². The Morgan fingerprint density at radius 2 is 1.79 bits per heavy atom. The van der Waals surface area contributed by atoms with Crippen molar-refractivity contribution in [2.24, 2.45) is 5.92 Å². The zero-order valence-electron chi connectivity index (χ0n) is 19.7. The summed E-state index contributed by atoms with van der Waals surface area (Å²) in [6.45, 7) is 7.04. The van der Waals surface area contributed by atoms with Crippen molar-refractivity contribution in [3.8, 4) is 11.4 Å². The highest BCUT2D eigenvalue weighted by molar-refractivity contribution is 5.76. The molecule has 1 amide bonds. The number of aryl methyl sites for hydroxylation is 1. The van der Waals surface area contributed by atoms with Crippen LogP contribution in [-0.2, 0) is 17.8 Å². The van der Waals surface area contributed by atoms with Crippen LogP contribution in [0.3, 0.4) is 0 Å². The monoisotopic (exact) mass is 459 g/mol. The van der Waals surface area contributed by atoms with Crippen LogP contribution in [0, 0.1) is 12.8 Å². The lowest BCUT2D eigenvalue weighted by atomic mass is 10.0.